The number of nitrogens with one attached hydrogen (secondary N) is 1. The van der Waals surface area contributed by atoms with Crippen molar-refractivity contribution in [3.63, 3.8) is 0 Å². The number of rotatable bonds is 3. The monoisotopic (exact) mass is 222 g/mol. The van der Waals surface area contributed by atoms with E-state index in [0.717, 1.165) is 31.0 Å². The Hall–Kier alpha value is -1.36. The lowest BCUT2D eigenvalue weighted by atomic mass is 10.1. The summed E-state index contributed by atoms with van der Waals surface area (Å²) in [6.07, 6.45) is 3.27. The zero-order valence-electron chi connectivity index (χ0n) is 9.57. The minimum Gasteiger partial charge on any atom is -0.346 e. The third-order valence-electron chi connectivity index (χ3n) is 3.01. The van der Waals surface area contributed by atoms with E-state index in [2.05, 4.69) is 9.97 Å². The molecule has 1 aromatic heterocycles. The van der Waals surface area contributed by atoms with Crippen LogP contribution in [0.15, 0.2) is 6.20 Å². The fourth-order valence-electron chi connectivity index (χ4n) is 2.13. The maximum absolute atomic E-state index is 11.6. The molecule has 1 atom stereocenters. The van der Waals surface area contributed by atoms with Gasteiger partial charge >= 0.3 is 0 Å². The summed E-state index contributed by atoms with van der Waals surface area (Å²) < 4.78 is 0. The molecule has 0 bridgehead atoms. The molecule has 0 spiro atoms. The van der Waals surface area contributed by atoms with Gasteiger partial charge in [-0.25, -0.2) is 4.98 Å². The summed E-state index contributed by atoms with van der Waals surface area (Å²) in [7, 11) is 0. The number of aryl methyl sites for hydroxylation is 1. The first-order chi connectivity index (χ1) is 7.70. The quantitative estimate of drug-likeness (QED) is 0.776. The molecule has 1 aliphatic rings. The van der Waals surface area contributed by atoms with Gasteiger partial charge in [0.25, 0.3) is 0 Å². The largest absolute Gasteiger partial charge is 0.346 e. The van der Waals surface area contributed by atoms with E-state index in [9.17, 15) is 4.79 Å². The van der Waals surface area contributed by atoms with Crippen LogP contribution in [0.4, 0.5) is 0 Å². The zero-order valence-corrected chi connectivity index (χ0v) is 9.57. The smallest absolute Gasteiger partial charge is 0.223 e. The van der Waals surface area contributed by atoms with Gasteiger partial charge in [-0.05, 0) is 13.3 Å². The van der Waals surface area contributed by atoms with Crippen LogP contribution in [0.3, 0.4) is 0 Å². The molecule has 0 unspecified atom stereocenters. The van der Waals surface area contributed by atoms with E-state index in [-0.39, 0.29) is 5.91 Å². The average molecular weight is 222 g/mol. The van der Waals surface area contributed by atoms with Crippen LogP contribution >= 0.6 is 0 Å². The second kappa shape index (κ2) is 4.65. The number of hydrogen-bond donors (Lipinski definition) is 2. The van der Waals surface area contributed by atoms with Crippen LogP contribution in [0.2, 0.25) is 0 Å². The molecule has 5 heteroatoms. The molecule has 2 heterocycles. The summed E-state index contributed by atoms with van der Waals surface area (Å²) in [4.78, 5) is 21.1. The molecule has 0 aromatic carbocycles. The van der Waals surface area contributed by atoms with Gasteiger partial charge < -0.3 is 15.6 Å². The van der Waals surface area contributed by atoms with Crippen molar-refractivity contribution in [2.45, 2.75) is 25.7 Å². The zero-order chi connectivity index (χ0) is 11.5. The maximum atomic E-state index is 11.6. The van der Waals surface area contributed by atoms with Crippen LogP contribution in [-0.4, -0.2) is 40.4 Å². The normalized spacial score (nSPS) is 20.4. The van der Waals surface area contributed by atoms with Crippen LogP contribution in [0.5, 0.6) is 0 Å². The standard InChI is InChI=1S/C11H18N4O/c1-8-6-13-11(14-8)9-3-5-15(7-9)10(16)2-4-12/h6,9H,2-5,7,12H2,1H3,(H,13,14)/t9-/m0/s1. The van der Waals surface area contributed by atoms with E-state index < -0.39 is 0 Å². The molecule has 3 N–H and O–H groups in total. The van der Waals surface area contributed by atoms with Gasteiger partial charge in [0.15, 0.2) is 0 Å². The number of aromatic amines is 1. The van der Waals surface area contributed by atoms with Gasteiger partial charge in [-0.15, -0.1) is 0 Å². The minimum atomic E-state index is 0.160. The van der Waals surface area contributed by atoms with Crippen LogP contribution in [0.1, 0.15) is 30.3 Å². The lowest BCUT2D eigenvalue weighted by Gasteiger charge is -2.15. The maximum Gasteiger partial charge on any atom is 0.223 e. The number of carbonyl (C=O) groups excluding carboxylic acids is 1. The van der Waals surface area contributed by atoms with Crippen LogP contribution in [-0.2, 0) is 4.79 Å². The number of likely N-dealkylation sites (tertiary alicyclic amines) is 1. The number of imidazole rings is 1. The highest BCUT2D eigenvalue weighted by molar-refractivity contribution is 5.76. The van der Waals surface area contributed by atoms with Crippen molar-refractivity contribution < 1.29 is 4.79 Å². The summed E-state index contributed by atoms with van der Waals surface area (Å²) in [5, 5.41) is 0. The Labute approximate surface area is 95.0 Å². The Kier molecular flexibility index (Phi) is 3.24. The number of amides is 1. The highest BCUT2D eigenvalue weighted by Crippen LogP contribution is 2.25. The second-order valence-electron chi connectivity index (χ2n) is 4.32. The number of aromatic nitrogens is 2. The molecular formula is C11H18N4O. The lowest BCUT2D eigenvalue weighted by Crippen LogP contribution is -2.30. The summed E-state index contributed by atoms with van der Waals surface area (Å²) in [5.41, 5.74) is 6.45. The van der Waals surface area contributed by atoms with E-state index in [1.165, 1.54) is 0 Å². The average Bonchev–Trinajstić information content (AvgIpc) is 2.85. The summed E-state index contributed by atoms with van der Waals surface area (Å²) in [5.74, 6) is 1.52. The topological polar surface area (TPSA) is 75.0 Å². The third kappa shape index (κ3) is 2.24. The van der Waals surface area contributed by atoms with E-state index in [1.807, 2.05) is 18.0 Å². The van der Waals surface area contributed by atoms with Crippen molar-refractivity contribution in [1.82, 2.24) is 14.9 Å². The van der Waals surface area contributed by atoms with Crippen LogP contribution in [0, 0.1) is 6.92 Å². The van der Waals surface area contributed by atoms with E-state index >= 15 is 0 Å². The fraction of sp³-hybridized carbons (Fsp3) is 0.636. The molecule has 1 amide bonds. The molecule has 1 aromatic rings. The van der Waals surface area contributed by atoms with Gasteiger partial charge in [-0.1, -0.05) is 0 Å². The van der Waals surface area contributed by atoms with Gasteiger partial charge in [0.2, 0.25) is 5.91 Å². The van der Waals surface area contributed by atoms with Gasteiger partial charge in [0.1, 0.15) is 5.82 Å². The SMILES string of the molecule is Cc1cnc([C@H]2CCN(C(=O)CCN)C2)[nH]1. The molecule has 5 nitrogen and oxygen atoms in total. The highest BCUT2D eigenvalue weighted by Gasteiger charge is 2.28. The molecule has 1 fully saturated rings. The third-order valence-corrected chi connectivity index (χ3v) is 3.01. The number of nitrogens with two attached hydrogens (primary N) is 1. The first kappa shape index (κ1) is 11.1. The number of nitrogens with zero attached hydrogens (tertiary/aromatic N) is 2. The Morgan fingerprint density at radius 2 is 2.56 bits per heavy atom. The van der Waals surface area contributed by atoms with E-state index in [4.69, 9.17) is 5.73 Å². The predicted molar refractivity (Wildman–Crippen MR) is 60.9 cm³/mol. The van der Waals surface area contributed by atoms with Crippen molar-refractivity contribution in [2.75, 3.05) is 19.6 Å². The summed E-state index contributed by atoms with van der Waals surface area (Å²) in [6, 6.07) is 0. The minimum absolute atomic E-state index is 0.160. The summed E-state index contributed by atoms with van der Waals surface area (Å²) >= 11 is 0. The van der Waals surface area contributed by atoms with Crippen LogP contribution in [0.25, 0.3) is 0 Å². The number of hydrogen-bond acceptors (Lipinski definition) is 3. The molecule has 2 rings (SSSR count). The second-order valence-corrected chi connectivity index (χ2v) is 4.32. The first-order valence-electron chi connectivity index (χ1n) is 5.70. The van der Waals surface area contributed by atoms with Crippen molar-refractivity contribution in [3.05, 3.63) is 17.7 Å². The molecule has 1 saturated heterocycles. The Bertz CT molecular complexity index is 374. The Morgan fingerprint density at radius 1 is 1.75 bits per heavy atom. The van der Waals surface area contributed by atoms with E-state index in [1.54, 1.807) is 0 Å². The Morgan fingerprint density at radius 3 is 3.19 bits per heavy atom. The van der Waals surface area contributed by atoms with E-state index in [0.29, 0.717) is 18.9 Å². The van der Waals surface area contributed by atoms with Crippen molar-refractivity contribution in [3.8, 4) is 0 Å². The first-order valence-corrected chi connectivity index (χ1v) is 5.70. The van der Waals surface area contributed by atoms with Gasteiger partial charge in [-0.3, -0.25) is 4.79 Å². The molecular weight excluding hydrogens is 204 g/mol. The number of carbonyl (C=O) groups is 1. The molecule has 0 saturated carbocycles. The molecule has 0 aliphatic carbocycles. The number of H-pyrrole nitrogens is 1. The highest BCUT2D eigenvalue weighted by atomic mass is 16.2. The van der Waals surface area contributed by atoms with Gasteiger partial charge in [0.05, 0.1) is 0 Å². The van der Waals surface area contributed by atoms with Crippen molar-refractivity contribution in [2.24, 2.45) is 5.73 Å². The van der Waals surface area contributed by atoms with Crippen molar-refractivity contribution >= 4 is 5.91 Å². The molecule has 16 heavy (non-hydrogen) atoms. The van der Waals surface area contributed by atoms with Gasteiger partial charge in [-0.2, -0.15) is 0 Å². The van der Waals surface area contributed by atoms with Crippen molar-refractivity contribution in [1.29, 1.82) is 0 Å². The predicted octanol–water partition coefficient (Wildman–Crippen LogP) is 0.383. The molecule has 1 aliphatic heterocycles. The lowest BCUT2D eigenvalue weighted by molar-refractivity contribution is -0.129. The Balaban J connectivity index is 1.95. The summed E-state index contributed by atoms with van der Waals surface area (Å²) in [6.45, 7) is 4.01. The fourth-order valence-corrected chi connectivity index (χ4v) is 2.13. The molecule has 88 valence electrons. The molecule has 0 radical (unpaired) electrons. The van der Waals surface area contributed by atoms with Crippen LogP contribution < -0.4 is 5.73 Å². The van der Waals surface area contributed by atoms with Gasteiger partial charge in [0, 0.05) is 43.9 Å².